The van der Waals surface area contributed by atoms with Crippen LogP contribution in [0.4, 0.5) is 0 Å². The molecule has 22 heavy (non-hydrogen) atoms. The van der Waals surface area contributed by atoms with E-state index in [0.717, 1.165) is 37.8 Å². The highest BCUT2D eigenvalue weighted by Crippen LogP contribution is 2.19. The van der Waals surface area contributed by atoms with Crippen LogP contribution < -0.4 is 10.0 Å². The molecule has 1 aliphatic rings. The van der Waals surface area contributed by atoms with E-state index in [1.807, 2.05) is 19.1 Å². The third-order valence-corrected chi connectivity index (χ3v) is 5.81. The molecule has 2 N–H and O–H groups in total. The molecule has 2 unspecified atom stereocenters. The van der Waals surface area contributed by atoms with Gasteiger partial charge in [0.25, 0.3) is 0 Å². The SMILES string of the molecule is CCc1ccc(S(=O)(=O)NC2CCCNC2C)cc1CC.Cl. The molecule has 1 aromatic carbocycles. The lowest BCUT2D eigenvalue weighted by Gasteiger charge is -2.30. The van der Waals surface area contributed by atoms with Crippen LogP contribution in [0.2, 0.25) is 0 Å². The van der Waals surface area contributed by atoms with Gasteiger partial charge in [-0.25, -0.2) is 13.1 Å². The molecule has 126 valence electrons. The van der Waals surface area contributed by atoms with Gasteiger partial charge in [0.05, 0.1) is 4.90 Å². The van der Waals surface area contributed by atoms with Crippen LogP contribution >= 0.6 is 12.4 Å². The molecule has 1 aliphatic heterocycles. The van der Waals surface area contributed by atoms with Crippen LogP contribution in [0.1, 0.15) is 44.7 Å². The van der Waals surface area contributed by atoms with Gasteiger partial charge < -0.3 is 5.32 Å². The highest BCUT2D eigenvalue weighted by molar-refractivity contribution is 7.89. The summed E-state index contributed by atoms with van der Waals surface area (Å²) in [5.41, 5.74) is 2.35. The molecule has 1 heterocycles. The van der Waals surface area contributed by atoms with Gasteiger partial charge in [0.2, 0.25) is 10.0 Å². The van der Waals surface area contributed by atoms with Crippen LogP contribution in [0.25, 0.3) is 0 Å². The van der Waals surface area contributed by atoms with Gasteiger partial charge in [-0.2, -0.15) is 0 Å². The molecule has 0 amide bonds. The molecule has 0 saturated carbocycles. The summed E-state index contributed by atoms with van der Waals surface area (Å²) in [5.74, 6) is 0. The molecular formula is C16H27ClN2O2S. The second kappa shape index (κ2) is 8.29. The van der Waals surface area contributed by atoms with E-state index in [9.17, 15) is 8.42 Å². The summed E-state index contributed by atoms with van der Waals surface area (Å²) in [7, 11) is -3.44. The number of aryl methyl sites for hydroxylation is 2. The molecule has 2 atom stereocenters. The van der Waals surface area contributed by atoms with E-state index in [-0.39, 0.29) is 24.5 Å². The molecule has 6 heteroatoms. The van der Waals surface area contributed by atoms with E-state index in [1.54, 1.807) is 6.07 Å². The van der Waals surface area contributed by atoms with Crippen molar-refractivity contribution in [2.24, 2.45) is 0 Å². The second-order valence-electron chi connectivity index (χ2n) is 5.75. The quantitative estimate of drug-likeness (QED) is 0.861. The number of nitrogens with one attached hydrogen (secondary N) is 2. The van der Waals surface area contributed by atoms with E-state index in [1.165, 1.54) is 5.56 Å². The fraction of sp³-hybridized carbons (Fsp3) is 0.625. The molecule has 1 aromatic rings. The molecule has 1 saturated heterocycles. The Bertz CT molecular complexity index is 590. The van der Waals surface area contributed by atoms with Crippen molar-refractivity contribution in [2.75, 3.05) is 6.54 Å². The highest BCUT2D eigenvalue weighted by atomic mass is 35.5. The third kappa shape index (κ3) is 4.44. The molecular weight excluding hydrogens is 320 g/mol. The Hall–Kier alpha value is -0.620. The average molecular weight is 347 g/mol. The monoisotopic (exact) mass is 346 g/mol. The minimum absolute atomic E-state index is 0. The Morgan fingerprint density at radius 3 is 2.50 bits per heavy atom. The molecule has 0 bridgehead atoms. The predicted octanol–water partition coefficient (Wildman–Crippen LogP) is 2.65. The van der Waals surface area contributed by atoms with Crippen LogP contribution in [0.3, 0.4) is 0 Å². The molecule has 2 rings (SSSR count). The largest absolute Gasteiger partial charge is 0.313 e. The summed E-state index contributed by atoms with van der Waals surface area (Å²) in [6.07, 6.45) is 3.68. The Morgan fingerprint density at radius 1 is 1.23 bits per heavy atom. The maximum Gasteiger partial charge on any atom is 0.240 e. The first kappa shape index (κ1) is 19.4. The molecule has 1 fully saturated rings. The number of halogens is 1. The van der Waals surface area contributed by atoms with Crippen molar-refractivity contribution in [1.82, 2.24) is 10.0 Å². The Morgan fingerprint density at radius 2 is 1.91 bits per heavy atom. The highest BCUT2D eigenvalue weighted by Gasteiger charge is 2.26. The van der Waals surface area contributed by atoms with E-state index in [4.69, 9.17) is 0 Å². The second-order valence-corrected chi connectivity index (χ2v) is 7.46. The van der Waals surface area contributed by atoms with Gasteiger partial charge in [-0.15, -0.1) is 12.4 Å². The summed E-state index contributed by atoms with van der Waals surface area (Å²) in [4.78, 5) is 0.384. The van der Waals surface area contributed by atoms with E-state index < -0.39 is 10.0 Å². The van der Waals surface area contributed by atoms with Gasteiger partial charge >= 0.3 is 0 Å². The molecule has 0 spiro atoms. The summed E-state index contributed by atoms with van der Waals surface area (Å²) < 4.78 is 28.0. The zero-order chi connectivity index (χ0) is 15.5. The Labute approximate surface area is 140 Å². The smallest absolute Gasteiger partial charge is 0.240 e. The third-order valence-electron chi connectivity index (χ3n) is 4.32. The zero-order valence-corrected chi connectivity index (χ0v) is 15.2. The molecule has 4 nitrogen and oxygen atoms in total. The topological polar surface area (TPSA) is 58.2 Å². The number of hydrogen-bond donors (Lipinski definition) is 2. The fourth-order valence-electron chi connectivity index (χ4n) is 2.92. The van der Waals surface area contributed by atoms with Crippen molar-refractivity contribution in [1.29, 1.82) is 0 Å². The van der Waals surface area contributed by atoms with Gasteiger partial charge in [-0.05, 0) is 62.4 Å². The van der Waals surface area contributed by atoms with Crippen molar-refractivity contribution >= 4 is 22.4 Å². The van der Waals surface area contributed by atoms with E-state index >= 15 is 0 Å². The van der Waals surface area contributed by atoms with Crippen molar-refractivity contribution < 1.29 is 8.42 Å². The van der Waals surface area contributed by atoms with Crippen LogP contribution in [-0.4, -0.2) is 27.0 Å². The number of piperidine rings is 1. The Kier molecular flexibility index (Phi) is 7.32. The fourth-order valence-corrected chi connectivity index (χ4v) is 4.32. The zero-order valence-electron chi connectivity index (χ0n) is 13.6. The predicted molar refractivity (Wildman–Crippen MR) is 93.3 cm³/mol. The normalized spacial score (nSPS) is 22.1. The number of hydrogen-bond acceptors (Lipinski definition) is 3. The standard InChI is InChI=1S/C16H26N2O2S.ClH/c1-4-13-8-9-15(11-14(13)5-2)21(19,20)18-16-7-6-10-17-12(16)3;/h8-9,11-12,16-18H,4-7,10H2,1-3H3;1H. The summed E-state index contributed by atoms with van der Waals surface area (Å²) >= 11 is 0. The van der Waals surface area contributed by atoms with Gasteiger partial charge in [-0.1, -0.05) is 19.9 Å². The minimum Gasteiger partial charge on any atom is -0.313 e. The van der Waals surface area contributed by atoms with Crippen LogP contribution in [-0.2, 0) is 22.9 Å². The summed E-state index contributed by atoms with van der Waals surface area (Å²) in [6, 6.07) is 5.63. The van der Waals surface area contributed by atoms with E-state index in [2.05, 4.69) is 23.9 Å². The average Bonchev–Trinajstić information content (AvgIpc) is 2.48. The van der Waals surface area contributed by atoms with Crippen LogP contribution in [0.15, 0.2) is 23.1 Å². The first-order valence-corrected chi connectivity index (χ1v) is 9.33. The van der Waals surface area contributed by atoms with Gasteiger partial charge in [0, 0.05) is 12.1 Å². The van der Waals surface area contributed by atoms with E-state index in [0.29, 0.717) is 4.90 Å². The van der Waals surface area contributed by atoms with Gasteiger partial charge in [0.1, 0.15) is 0 Å². The van der Waals surface area contributed by atoms with Gasteiger partial charge in [0.15, 0.2) is 0 Å². The lowest BCUT2D eigenvalue weighted by Crippen LogP contribution is -2.51. The maximum absolute atomic E-state index is 12.6. The van der Waals surface area contributed by atoms with Gasteiger partial charge in [-0.3, -0.25) is 0 Å². The summed E-state index contributed by atoms with van der Waals surface area (Å²) in [6.45, 7) is 7.15. The molecule has 0 aliphatic carbocycles. The number of sulfonamides is 1. The lowest BCUT2D eigenvalue weighted by molar-refractivity contribution is 0.349. The van der Waals surface area contributed by atoms with Crippen molar-refractivity contribution in [2.45, 2.75) is 63.4 Å². The number of benzene rings is 1. The van der Waals surface area contributed by atoms with Crippen molar-refractivity contribution in [3.8, 4) is 0 Å². The molecule has 0 aromatic heterocycles. The van der Waals surface area contributed by atoms with Crippen molar-refractivity contribution in [3.63, 3.8) is 0 Å². The summed E-state index contributed by atoms with van der Waals surface area (Å²) in [5, 5.41) is 3.32. The molecule has 0 radical (unpaired) electrons. The Balaban J connectivity index is 0.00000242. The maximum atomic E-state index is 12.6. The lowest BCUT2D eigenvalue weighted by atomic mass is 10.0. The first-order chi connectivity index (χ1) is 9.97. The first-order valence-electron chi connectivity index (χ1n) is 7.85. The van der Waals surface area contributed by atoms with Crippen LogP contribution in [0, 0.1) is 0 Å². The number of rotatable bonds is 5. The van der Waals surface area contributed by atoms with Crippen molar-refractivity contribution in [3.05, 3.63) is 29.3 Å². The van der Waals surface area contributed by atoms with Crippen LogP contribution in [0.5, 0.6) is 0 Å². The minimum atomic E-state index is -3.44.